The fourth-order valence-electron chi connectivity index (χ4n) is 3.36. The van der Waals surface area contributed by atoms with E-state index in [2.05, 4.69) is 10.3 Å². The van der Waals surface area contributed by atoms with E-state index in [1.165, 1.54) is 17.2 Å². The molecule has 1 aliphatic heterocycles. The highest BCUT2D eigenvalue weighted by molar-refractivity contribution is 7.98. The Kier molecular flexibility index (Phi) is 7.42. The maximum absolute atomic E-state index is 13.3. The number of hydrogen-bond acceptors (Lipinski definition) is 6. The monoisotopic (exact) mass is 453 g/mol. The fourth-order valence-corrected chi connectivity index (χ4v) is 3.77. The van der Waals surface area contributed by atoms with E-state index in [4.69, 9.17) is 4.74 Å². The van der Waals surface area contributed by atoms with Crippen LogP contribution in [0.2, 0.25) is 0 Å². The van der Waals surface area contributed by atoms with Gasteiger partial charge in [0.2, 0.25) is 0 Å². The molecule has 0 aliphatic carbocycles. The number of rotatable bonds is 6. The zero-order valence-electron chi connectivity index (χ0n) is 16.8. The number of nitrogens with one attached hydrogen (secondary N) is 1. The van der Waals surface area contributed by atoms with Crippen molar-refractivity contribution in [1.29, 1.82) is 0 Å². The van der Waals surface area contributed by atoms with Crippen LogP contribution in [0.4, 0.5) is 24.7 Å². The number of anilines is 2. The minimum Gasteiger partial charge on any atom is -0.455 e. The van der Waals surface area contributed by atoms with Crippen molar-refractivity contribution in [2.45, 2.75) is 23.9 Å². The van der Waals surface area contributed by atoms with Crippen LogP contribution in [0.25, 0.3) is 0 Å². The SMILES string of the molecule is CSc1ccc(NC(=O)COC(=O)C2CCCN(c3ncccc3C(F)(F)F)C2)cc1. The molecule has 1 aromatic heterocycles. The Morgan fingerprint density at radius 1 is 1.26 bits per heavy atom. The Bertz CT molecular complexity index is 922. The lowest BCUT2D eigenvalue weighted by molar-refractivity contribution is -0.151. The summed E-state index contributed by atoms with van der Waals surface area (Å²) in [6.45, 7) is -0.0515. The molecule has 0 saturated carbocycles. The van der Waals surface area contributed by atoms with Gasteiger partial charge in [0.05, 0.1) is 11.5 Å². The summed E-state index contributed by atoms with van der Waals surface area (Å²) in [6.07, 6.45) is -0.314. The largest absolute Gasteiger partial charge is 0.455 e. The van der Waals surface area contributed by atoms with Gasteiger partial charge in [0, 0.05) is 29.9 Å². The second-order valence-corrected chi connectivity index (χ2v) is 7.92. The first-order valence-corrected chi connectivity index (χ1v) is 10.9. The van der Waals surface area contributed by atoms with Crippen LogP contribution in [0, 0.1) is 5.92 Å². The predicted octanol–water partition coefficient (Wildman–Crippen LogP) is 4.22. The minimum absolute atomic E-state index is 0.0523. The minimum atomic E-state index is -4.54. The van der Waals surface area contributed by atoms with E-state index in [1.807, 2.05) is 18.4 Å². The van der Waals surface area contributed by atoms with Gasteiger partial charge in [0.15, 0.2) is 6.61 Å². The van der Waals surface area contributed by atoms with Crippen LogP contribution in [0.15, 0.2) is 47.5 Å². The van der Waals surface area contributed by atoms with E-state index in [1.54, 1.807) is 23.9 Å². The van der Waals surface area contributed by atoms with Gasteiger partial charge in [-0.25, -0.2) is 4.98 Å². The highest BCUT2D eigenvalue weighted by Gasteiger charge is 2.37. The Morgan fingerprint density at radius 2 is 2.00 bits per heavy atom. The molecule has 2 aromatic rings. The molecule has 1 atom stereocenters. The van der Waals surface area contributed by atoms with Gasteiger partial charge in [-0.05, 0) is 55.5 Å². The van der Waals surface area contributed by atoms with E-state index < -0.39 is 36.1 Å². The number of aromatic nitrogens is 1. The molecule has 6 nitrogen and oxygen atoms in total. The van der Waals surface area contributed by atoms with Crippen molar-refractivity contribution < 1.29 is 27.5 Å². The predicted molar refractivity (Wildman–Crippen MR) is 112 cm³/mol. The van der Waals surface area contributed by atoms with Gasteiger partial charge >= 0.3 is 12.1 Å². The van der Waals surface area contributed by atoms with Gasteiger partial charge in [-0.2, -0.15) is 13.2 Å². The third-order valence-electron chi connectivity index (χ3n) is 4.87. The average molecular weight is 453 g/mol. The van der Waals surface area contributed by atoms with Gasteiger partial charge in [0.1, 0.15) is 5.82 Å². The number of thioether (sulfide) groups is 1. The molecule has 1 unspecified atom stereocenters. The van der Waals surface area contributed by atoms with Crippen molar-refractivity contribution in [3.8, 4) is 0 Å². The second-order valence-electron chi connectivity index (χ2n) is 7.04. The molecule has 3 rings (SSSR count). The summed E-state index contributed by atoms with van der Waals surface area (Å²) in [7, 11) is 0. The number of carbonyl (C=O) groups excluding carboxylic acids is 2. The fraction of sp³-hybridized carbons (Fsp3) is 0.381. The van der Waals surface area contributed by atoms with E-state index in [0.29, 0.717) is 25.1 Å². The Hall–Kier alpha value is -2.75. The topological polar surface area (TPSA) is 71.5 Å². The zero-order valence-corrected chi connectivity index (χ0v) is 17.6. The summed E-state index contributed by atoms with van der Waals surface area (Å²) in [5, 5.41) is 2.64. The lowest BCUT2D eigenvalue weighted by Crippen LogP contribution is -2.41. The maximum atomic E-state index is 13.3. The van der Waals surface area contributed by atoms with Gasteiger partial charge < -0.3 is 15.0 Å². The average Bonchev–Trinajstić information content (AvgIpc) is 2.77. The number of alkyl halides is 3. The van der Waals surface area contributed by atoms with Crippen LogP contribution in [0.3, 0.4) is 0 Å². The van der Waals surface area contributed by atoms with Crippen LogP contribution in [-0.4, -0.2) is 42.8 Å². The van der Waals surface area contributed by atoms with Crippen molar-refractivity contribution in [3.05, 3.63) is 48.2 Å². The summed E-state index contributed by atoms with van der Waals surface area (Å²) in [5.74, 6) is -1.92. The summed E-state index contributed by atoms with van der Waals surface area (Å²) in [5.41, 5.74) is -0.256. The molecule has 0 bridgehead atoms. The first-order valence-electron chi connectivity index (χ1n) is 9.65. The van der Waals surface area contributed by atoms with Crippen LogP contribution in [0.1, 0.15) is 18.4 Å². The molecule has 0 spiro atoms. The summed E-state index contributed by atoms with van der Waals surface area (Å²) < 4.78 is 45.0. The quantitative estimate of drug-likeness (QED) is 0.522. The van der Waals surface area contributed by atoms with Crippen molar-refractivity contribution >= 4 is 35.1 Å². The number of amides is 1. The molecule has 1 aromatic carbocycles. The van der Waals surface area contributed by atoms with Crippen LogP contribution >= 0.6 is 11.8 Å². The number of pyridine rings is 1. The standard InChI is InChI=1S/C21H22F3N3O3S/c1-31-16-8-6-15(7-9-16)26-18(28)13-30-20(29)14-4-3-11-27(12-14)19-17(21(22,23)24)5-2-10-25-19/h2,5-10,14H,3-4,11-13H2,1H3,(H,26,28). The van der Waals surface area contributed by atoms with Crippen molar-refractivity contribution in [2.24, 2.45) is 5.92 Å². The number of benzene rings is 1. The van der Waals surface area contributed by atoms with E-state index in [0.717, 1.165) is 11.0 Å². The number of halogens is 3. The maximum Gasteiger partial charge on any atom is 0.419 e. The number of hydrogen-bond donors (Lipinski definition) is 1. The molecule has 2 heterocycles. The third kappa shape index (κ3) is 6.13. The Balaban J connectivity index is 1.56. The molecule has 166 valence electrons. The van der Waals surface area contributed by atoms with E-state index in [9.17, 15) is 22.8 Å². The highest BCUT2D eigenvalue weighted by Crippen LogP contribution is 2.36. The highest BCUT2D eigenvalue weighted by atomic mass is 32.2. The Labute approximate surface area is 182 Å². The first kappa shape index (κ1) is 22.9. The van der Waals surface area contributed by atoms with Crippen LogP contribution in [-0.2, 0) is 20.5 Å². The number of nitrogens with zero attached hydrogens (tertiary/aromatic N) is 2. The normalized spacial score (nSPS) is 16.6. The number of esters is 1. The summed E-state index contributed by atoms with van der Waals surface area (Å²) in [6, 6.07) is 9.41. The summed E-state index contributed by atoms with van der Waals surface area (Å²) in [4.78, 5) is 30.9. The van der Waals surface area contributed by atoms with Gasteiger partial charge in [-0.1, -0.05) is 0 Å². The number of carbonyl (C=O) groups is 2. The molecule has 1 fully saturated rings. The molecular formula is C21H22F3N3O3S. The molecule has 1 aliphatic rings. The molecule has 1 amide bonds. The van der Waals surface area contributed by atoms with E-state index >= 15 is 0 Å². The van der Waals surface area contributed by atoms with Crippen molar-refractivity contribution in [2.75, 3.05) is 36.2 Å². The molecule has 1 saturated heterocycles. The third-order valence-corrected chi connectivity index (χ3v) is 5.61. The summed E-state index contributed by atoms with van der Waals surface area (Å²) >= 11 is 1.57. The van der Waals surface area contributed by atoms with Crippen molar-refractivity contribution in [3.63, 3.8) is 0 Å². The number of ether oxygens (including phenoxy) is 1. The van der Waals surface area contributed by atoms with Gasteiger partial charge in [0.25, 0.3) is 5.91 Å². The van der Waals surface area contributed by atoms with Crippen molar-refractivity contribution in [1.82, 2.24) is 4.98 Å². The lowest BCUT2D eigenvalue weighted by atomic mass is 9.98. The number of piperidine rings is 1. The lowest BCUT2D eigenvalue weighted by Gasteiger charge is -2.33. The Morgan fingerprint density at radius 3 is 2.68 bits per heavy atom. The molecule has 10 heteroatoms. The molecule has 0 radical (unpaired) electrons. The molecular weight excluding hydrogens is 431 g/mol. The van der Waals surface area contributed by atoms with Crippen LogP contribution < -0.4 is 10.2 Å². The zero-order chi connectivity index (χ0) is 22.4. The van der Waals surface area contributed by atoms with Crippen LogP contribution in [0.5, 0.6) is 0 Å². The molecule has 31 heavy (non-hydrogen) atoms. The smallest absolute Gasteiger partial charge is 0.419 e. The second kappa shape index (κ2) is 10.0. The van der Waals surface area contributed by atoms with Gasteiger partial charge in [-0.15, -0.1) is 11.8 Å². The first-order chi connectivity index (χ1) is 14.8. The van der Waals surface area contributed by atoms with E-state index in [-0.39, 0.29) is 12.4 Å². The van der Waals surface area contributed by atoms with Gasteiger partial charge in [-0.3, -0.25) is 9.59 Å². The molecule has 1 N–H and O–H groups in total.